The van der Waals surface area contributed by atoms with E-state index in [1.807, 2.05) is 0 Å². The molecule has 1 saturated heterocycles. The molecular formula is C13H19BrN2. The van der Waals surface area contributed by atoms with Gasteiger partial charge in [0.15, 0.2) is 0 Å². The van der Waals surface area contributed by atoms with E-state index >= 15 is 0 Å². The molecule has 3 heteroatoms. The summed E-state index contributed by atoms with van der Waals surface area (Å²) in [6, 6.07) is 7.32. The summed E-state index contributed by atoms with van der Waals surface area (Å²) in [5, 5.41) is 3.36. The number of hydrogen-bond donors (Lipinski definition) is 1. The smallest absolute Gasteiger partial charge is 0.0369 e. The van der Waals surface area contributed by atoms with Crippen molar-refractivity contribution in [3.63, 3.8) is 0 Å². The highest BCUT2D eigenvalue weighted by molar-refractivity contribution is 9.10. The van der Waals surface area contributed by atoms with Crippen LogP contribution in [-0.2, 0) is 0 Å². The second-order valence-electron chi connectivity index (χ2n) is 4.48. The number of halogens is 1. The Kier molecular flexibility index (Phi) is 3.87. The molecule has 0 spiro atoms. The first kappa shape index (κ1) is 11.9. The summed E-state index contributed by atoms with van der Waals surface area (Å²) in [7, 11) is 2.06. The van der Waals surface area contributed by atoms with Gasteiger partial charge in [-0.2, -0.15) is 0 Å². The van der Waals surface area contributed by atoms with E-state index in [1.165, 1.54) is 28.6 Å². The highest BCUT2D eigenvalue weighted by Gasteiger charge is 2.17. The molecule has 0 aliphatic carbocycles. The normalized spacial score (nSPS) is 17.8. The lowest BCUT2D eigenvalue weighted by Crippen LogP contribution is -2.41. The Hall–Kier alpha value is -0.540. The Balaban J connectivity index is 2.05. The molecule has 0 atom stereocenters. The summed E-state index contributed by atoms with van der Waals surface area (Å²) in [4.78, 5) is 2.48. The minimum absolute atomic E-state index is 0.702. The van der Waals surface area contributed by atoms with Gasteiger partial charge in [0.25, 0.3) is 0 Å². The maximum absolute atomic E-state index is 3.55. The molecule has 0 saturated carbocycles. The number of hydrogen-bond acceptors (Lipinski definition) is 2. The minimum Gasteiger partial charge on any atom is -0.371 e. The predicted molar refractivity (Wildman–Crippen MR) is 73.2 cm³/mol. The van der Waals surface area contributed by atoms with Gasteiger partial charge in [0.05, 0.1) is 0 Å². The van der Waals surface area contributed by atoms with Crippen molar-refractivity contribution in [2.24, 2.45) is 0 Å². The van der Waals surface area contributed by atoms with E-state index in [1.54, 1.807) is 0 Å². The molecule has 2 rings (SSSR count). The number of piperidine rings is 1. The molecule has 1 N–H and O–H groups in total. The van der Waals surface area contributed by atoms with Crippen molar-refractivity contribution in [1.82, 2.24) is 5.32 Å². The molecule has 1 aliphatic rings. The number of anilines is 1. The van der Waals surface area contributed by atoms with E-state index in [9.17, 15) is 0 Å². The minimum atomic E-state index is 0.702. The Morgan fingerprint density at radius 1 is 1.31 bits per heavy atom. The number of benzene rings is 1. The lowest BCUT2D eigenvalue weighted by atomic mass is 10.0. The molecule has 0 unspecified atom stereocenters. The summed E-state index contributed by atoms with van der Waals surface area (Å²) in [5.74, 6) is 0. The fourth-order valence-electron chi connectivity index (χ4n) is 2.25. The van der Waals surface area contributed by atoms with Crippen LogP contribution in [0.4, 0.5) is 5.69 Å². The van der Waals surface area contributed by atoms with E-state index in [4.69, 9.17) is 0 Å². The van der Waals surface area contributed by atoms with Crippen molar-refractivity contribution >= 4 is 21.6 Å². The van der Waals surface area contributed by atoms with Crippen LogP contribution in [0.3, 0.4) is 0 Å². The fourth-order valence-corrected chi connectivity index (χ4v) is 2.50. The summed E-state index contributed by atoms with van der Waals surface area (Å²) < 4.78 is 1.20. The molecule has 2 nitrogen and oxygen atoms in total. The molecule has 0 amide bonds. The first-order valence-electron chi connectivity index (χ1n) is 5.89. The van der Waals surface area contributed by atoms with Crippen LogP contribution in [0.2, 0.25) is 0 Å². The van der Waals surface area contributed by atoms with Gasteiger partial charge in [-0.3, -0.25) is 0 Å². The molecule has 1 aromatic carbocycles. The average molecular weight is 283 g/mol. The summed E-state index contributed by atoms with van der Waals surface area (Å²) in [6.45, 7) is 4.47. The van der Waals surface area contributed by atoms with Crippen LogP contribution in [-0.4, -0.2) is 26.2 Å². The van der Waals surface area contributed by atoms with Gasteiger partial charge in [-0.05, 0) is 50.6 Å². The zero-order valence-electron chi connectivity index (χ0n) is 9.96. The van der Waals surface area contributed by atoms with E-state index < -0.39 is 0 Å². The van der Waals surface area contributed by atoms with Crippen LogP contribution in [0, 0.1) is 6.92 Å². The first-order chi connectivity index (χ1) is 7.70. The Bertz CT molecular complexity index is 357. The van der Waals surface area contributed by atoms with Gasteiger partial charge in [0.1, 0.15) is 0 Å². The molecule has 1 fully saturated rings. The zero-order chi connectivity index (χ0) is 11.5. The third kappa shape index (κ3) is 2.58. The molecule has 1 aromatic rings. The van der Waals surface area contributed by atoms with Gasteiger partial charge in [-0.15, -0.1) is 0 Å². The quantitative estimate of drug-likeness (QED) is 0.897. The van der Waals surface area contributed by atoms with Gasteiger partial charge in [0, 0.05) is 29.3 Å². The highest BCUT2D eigenvalue weighted by Crippen LogP contribution is 2.25. The molecule has 0 bridgehead atoms. The Labute approximate surface area is 106 Å². The van der Waals surface area contributed by atoms with Crippen molar-refractivity contribution in [1.29, 1.82) is 0 Å². The standard InChI is InChI=1S/C13H19BrN2/c1-10-9-12(3-4-13(10)14)16-7-5-11(15-2)6-8-16/h3-4,9,11,15H,5-8H2,1-2H3. The lowest BCUT2D eigenvalue weighted by molar-refractivity contribution is 0.442. The third-order valence-electron chi connectivity index (χ3n) is 3.41. The first-order valence-corrected chi connectivity index (χ1v) is 6.68. The Morgan fingerprint density at radius 3 is 2.56 bits per heavy atom. The van der Waals surface area contributed by atoms with Crippen LogP contribution in [0.25, 0.3) is 0 Å². The van der Waals surface area contributed by atoms with E-state index in [0.717, 1.165) is 13.1 Å². The third-order valence-corrected chi connectivity index (χ3v) is 4.30. The highest BCUT2D eigenvalue weighted by atomic mass is 79.9. The van der Waals surface area contributed by atoms with E-state index in [-0.39, 0.29) is 0 Å². The average Bonchev–Trinajstić information content (AvgIpc) is 2.33. The summed E-state index contributed by atoms with van der Waals surface area (Å²) in [5.41, 5.74) is 2.67. The van der Waals surface area contributed by atoms with Crippen LogP contribution < -0.4 is 10.2 Å². The predicted octanol–water partition coefficient (Wildman–Crippen LogP) is 2.95. The van der Waals surface area contributed by atoms with Gasteiger partial charge in [-0.25, -0.2) is 0 Å². The fraction of sp³-hybridized carbons (Fsp3) is 0.538. The van der Waals surface area contributed by atoms with Gasteiger partial charge in [0.2, 0.25) is 0 Å². The monoisotopic (exact) mass is 282 g/mol. The SMILES string of the molecule is CNC1CCN(c2ccc(Br)c(C)c2)CC1. The largest absolute Gasteiger partial charge is 0.371 e. The van der Waals surface area contributed by atoms with Gasteiger partial charge in [-0.1, -0.05) is 15.9 Å². The number of aryl methyl sites for hydroxylation is 1. The van der Waals surface area contributed by atoms with E-state index in [2.05, 4.69) is 58.3 Å². The lowest BCUT2D eigenvalue weighted by Gasteiger charge is -2.33. The van der Waals surface area contributed by atoms with Crippen LogP contribution in [0.1, 0.15) is 18.4 Å². The maximum atomic E-state index is 3.55. The topological polar surface area (TPSA) is 15.3 Å². The van der Waals surface area contributed by atoms with Crippen molar-refractivity contribution in [3.05, 3.63) is 28.2 Å². The molecular weight excluding hydrogens is 264 g/mol. The molecule has 1 heterocycles. The number of nitrogens with zero attached hydrogens (tertiary/aromatic N) is 1. The second-order valence-corrected chi connectivity index (χ2v) is 5.34. The molecule has 88 valence electrons. The second kappa shape index (κ2) is 5.19. The van der Waals surface area contributed by atoms with Crippen molar-refractivity contribution < 1.29 is 0 Å². The molecule has 0 radical (unpaired) electrons. The molecule has 16 heavy (non-hydrogen) atoms. The van der Waals surface area contributed by atoms with E-state index in [0.29, 0.717) is 6.04 Å². The Morgan fingerprint density at radius 2 is 2.00 bits per heavy atom. The maximum Gasteiger partial charge on any atom is 0.0369 e. The summed E-state index contributed by atoms with van der Waals surface area (Å²) in [6.07, 6.45) is 2.48. The van der Waals surface area contributed by atoms with Crippen molar-refractivity contribution in [2.45, 2.75) is 25.8 Å². The van der Waals surface area contributed by atoms with Gasteiger partial charge >= 0.3 is 0 Å². The summed E-state index contributed by atoms with van der Waals surface area (Å²) >= 11 is 3.55. The van der Waals surface area contributed by atoms with Crippen molar-refractivity contribution in [2.75, 3.05) is 25.0 Å². The number of rotatable bonds is 2. The van der Waals surface area contributed by atoms with Gasteiger partial charge < -0.3 is 10.2 Å². The molecule has 1 aliphatic heterocycles. The zero-order valence-corrected chi connectivity index (χ0v) is 11.5. The van der Waals surface area contributed by atoms with Crippen LogP contribution in [0.15, 0.2) is 22.7 Å². The van der Waals surface area contributed by atoms with Crippen LogP contribution >= 0.6 is 15.9 Å². The van der Waals surface area contributed by atoms with Crippen molar-refractivity contribution in [3.8, 4) is 0 Å². The molecule has 0 aromatic heterocycles. The number of nitrogens with one attached hydrogen (secondary N) is 1. The van der Waals surface area contributed by atoms with Crippen LogP contribution in [0.5, 0.6) is 0 Å².